The van der Waals surface area contributed by atoms with E-state index in [1.54, 1.807) is 6.07 Å². The second kappa shape index (κ2) is 4.80. The minimum Gasteiger partial charge on any atom is -0.508 e. The molecule has 0 aromatic heterocycles. The number of hydrogen-bond acceptors (Lipinski definition) is 3. The highest BCUT2D eigenvalue weighted by molar-refractivity contribution is 5.29. The van der Waals surface area contributed by atoms with E-state index in [9.17, 15) is 5.11 Å². The lowest BCUT2D eigenvalue weighted by molar-refractivity contribution is -0.187. The van der Waals surface area contributed by atoms with Gasteiger partial charge in [-0.3, -0.25) is 4.90 Å². The maximum Gasteiger partial charge on any atom is 0.115 e. The molecule has 0 saturated carbocycles. The summed E-state index contributed by atoms with van der Waals surface area (Å²) in [6.45, 7) is 12.5. The predicted octanol–water partition coefficient (Wildman–Crippen LogP) is 3.34. The number of rotatable bonds is 2. The molecule has 1 saturated heterocycles. The molecule has 1 heterocycles. The summed E-state index contributed by atoms with van der Waals surface area (Å²) in [5, 5.41) is 9.62. The molecule has 3 nitrogen and oxygen atoms in total. The Balaban J connectivity index is 2.21. The lowest BCUT2D eigenvalue weighted by Gasteiger charge is -2.49. The van der Waals surface area contributed by atoms with Crippen molar-refractivity contribution in [2.75, 3.05) is 13.1 Å². The molecule has 0 spiro atoms. The van der Waals surface area contributed by atoms with Gasteiger partial charge in [-0.25, -0.2) is 0 Å². The molecule has 19 heavy (non-hydrogen) atoms. The average Bonchev–Trinajstić information content (AvgIpc) is 2.23. The van der Waals surface area contributed by atoms with Crippen LogP contribution in [0.5, 0.6) is 5.75 Å². The molecular weight excluding hydrogens is 238 g/mol. The Morgan fingerprint density at radius 3 is 2.26 bits per heavy atom. The second-order valence-electron chi connectivity index (χ2n) is 6.80. The maximum absolute atomic E-state index is 9.62. The van der Waals surface area contributed by atoms with Crippen molar-refractivity contribution in [2.45, 2.75) is 51.9 Å². The first-order chi connectivity index (χ1) is 8.69. The minimum atomic E-state index is -0.146. The van der Waals surface area contributed by atoms with E-state index >= 15 is 0 Å². The molecule has 0 aliphatic carbocycles. The van der Waals surface area contributed by atoms with Crippen LogP contribution in [0.25, 0.3) is 0 Å². The zero-order valence-corrected chi connectivity index (χ0v) is 12.6. The van der Waals surface area contributed by atoms with E-state index in [1.807, 2.05) is 12.1 Å². The quantitative estimate of drug-likeness (QED) is 0.888. The first kappa shape index (κ1) is 14.4. The van der Waals surface area contributed by atoms with Crippen molar-refractivity contribution in [3.63, 3.8) is 0 Å². The van der Waals surface area contributed by atoms with E-state index in [1.165, 1.54) is 0 Å². The number of morpholine rings is 1. The van der Waals surface area contributed by atoms with Gasteiger partial charge in [0, 0.05) is 19.1 Å². The molecule has 1 aliphatic rings. The SMILES string of the molecule is CC(c1cccc(O)c1)N1CC(C)(C)OC(C)(C)C1. The molecule has 1 aromatic carbocycles. The molecule has 1 fully saturated rings. The van der Waals surface area contributed by atoms with Crippen LogP contribution in [0.2, 0.25) is 0 Å². The van der Waals surface area contributed by atoms with Crippen LogP contribution in [-0.2, 0) is 4.74 Å². The number of aromatic hydroxyl groups is 1. The Morgan fingerprint density at radius 2 is 1.74 bits per heavy atom. The van der Waals surface area contributed by atoms with Gasteiger partial charge in [-0.15, -0.1) is 0 Å². The zero-order chi connectivity index (χ0) is 14.3. The third-order valence-electron chi connectivity index (χ3n) is 3.62. The topological polar surface area (TPSA) is 32.7 Å². The largest absolute Gasteiger partial charge is 0.508 e. The molecule has 0 radical (unpaired) electrons. The highest BCUT2D eigenvalue weighted by Crippen LogP contribution is 2.33. The van der Waals surface area contributed by atoms with E-state index in [2.05, 4.69) is 45.6 Å². The van der Waals surface area contributed by atoms with Crippen LogP contribution < -0.4 is 0 Å². The lowest BCUT2D eigenvalue weighted by Crippen LogP contribution is -2.57. The van der Waals surface area contributed by atoms with Gasteiger partial charge in [-0.2, -0.15) is 0 Å². The van der Waals surface area contributed by atoms with Crippen molar-refractivity contribution in [1.29, 1.82) is 0 Å². The van der Waals surface area contributed by atoms with Crippen molar-refractivity contribution in [3.05, 3.63) is 29.8 Å². The normalized spacial score (nSPS) is 24.1. The van der Waals surface area contributed by atoms with Crippen LogP contribution in [-0.4, -0.2) is 34.3 Å². The number of hydrogen-bond donors (Lipinski definition) is 1. The molecule has 1 aromatic rings. The van der Waals surface area contributed by atoms with Crippen molar-refractivity contribution < 1.29 is 9.84 Å². The third-order valence-corrected chi connectivity index (χ3v) is 3.62. The van der Waals surface area contributed by atoms with Gasteiger partial charge in [0.15, 0.2) is 0 Å². The Morgan fingerprint density at radius 1 is 1.16 bits per heavy atom. The van der Waals surface area contributed by atoms with Gasteiger partial charge < -0.3 is 9.84 Å². The van der Waals surface area contributed by atoms with Crippen LogP contribution in [0.4, 0.5) is 0 Å². The summed E-state index contributed by atoms with van der Waals surface area (Å²) in [6, 6.07) is 7.80. The van der Waals surface area contributed by atoms with E-state index in [4.69, 9.17) is 4.74 Å². The van der Waals surface area contributed by atoms with Gasteiger partial charge in [-0.05, 0) is 52.3 Å². The standard InChI is InChI=1S/C16H25NO2/c1-12(13-7-6-8-14(18)9-13)17-10-15(2,3)19-16(4,5)11-17/h6-9,12,18H,10-11H2,1-5H3. The zero-order valence-electron chi connectivity index (χ0n) is 12.6. The molecular formula is C16H25NO2. The number of ether oxygens (including phenoxy) is 1. The fourth-order valence-corrected chi connectivity index (χ4v) is 3.12. The van der Waals surface area contributed by atoms with Crippen LogP contribution in [0.15, 0.2) is 24.3 Å². The van der Waals surface area contributed by atoms with Gasteiger partial charge in [0.25, 0.3) is 0 Å². The molecule has 2 rings (SSSR count). The van der Waals surface area contributed by atoms with E-state index in [0.717, 1.165) is 18.7 Å². The lowest BCUT2D eigenvalue weighted by atomic mass is 9.95. The minimum absolute atomic E-state index is 0.146. The highest BCUT2D eigenvalue weighted by atomic mass is 16.5. The summed E-state index contributed by atoms with van der Waals surface area (Å²) in [7, 11) is 0. The van der Waals surface area contributed by atoms with Gasteiger partial charge >= 0.3 is 0 Å². The van der Waals surface area contributed by atoms with E-state index < -0.39 is 0 Å². The molecule has 1 aliphatic heterocycles. The Labute approximate surface area is 116 Å². The maximum atomic E-state index is 9.62. The Bertz CT molecular complexity index is 438. The first-order valence-corrected chi connectivity index (χ1v) is 6.92. The Kier molecular flexibility index (Phi) is 3.63. The van der Waals surface area contributed by atoms with Gasteiger partial charge in [-0.1, -0.05) is 12.1 Å². The third kappa shape index (κ3) is 3.48. The summed E-state index contributed by atoms with van der Waals surface area (Å²) >= 11 is 0. The molecule has 1 N–H and O–H groups in total. The fourth-order valence-electron chi connectivity index (χ4n) is 3.12. The van der Waals surface area contributed by atoms with E-state index in [-0.39, 0.29) is 17.2 Å². The average molecular weight is 263 g/mol. The van der Waals surface area contributed by atoms with Gasteiger partial charge in [0.1, 0.15) is 5.75 Å². The predicted molar refractivity (Wildman–Crippen MR) is 77.3 cm³/mol. The molecule has 0 amide bonds. The van der Waals surface area contributed by atoms with Crippen LogP contribution in [0.1, 0.15) is 46.2 Å². The molecule has 1 atom stereocenters. The van der Waals surface area contributed by atoms with E-state index in [0.29, 0.717) is 5.75 Å². The van der Waals surface area contributed by atoms with Crippen molar-refractivity contribution in [2.24, 2.45) is 0 Å². The molecule has 3 heteroatoms. The number of nitrogens with zero attached hydrogens (tertiary/aromatic N) is 1. The first-order valence-electron chi connectivity index (χ1n) is 6.92. The second-order valence-corrected chi connectivity index (χ2v) is 6.80. The Hall–Kier alpha value is -1.06. The van der Waals surface area contributed by atoms with Crippen molar-refractivity contribution >= 4 is 0 Å². The van der Waals surface area contributed by atoms with Crippen LogP contribution >= 0.6 is 0 Å². The number of benzene rings is 1. The number of phenolic OH excluding ortho intramolecular Hbond substituents is 1. The molecule has 0 bridgehead atoms. The summed E-state index contributed by atoms with van der Waals surface area (Å²) in [6.07, 6.45) is 0. The molecule has 106 valence electrons. The molecule has 1 unspecified atom stereocenters. The van der Waals surface area contributed by atoms with Crippen molar-refractivity contribution in [3.8, 4) is 5.75 Å². The summed E-state index contributed by atoms with van der Waals surface area (Å²) < 4.78 is 6.11. The monoisotopic (exact) mass is 263 g/mol. The van der Waals surface area contributed by atoms with Crippen LogP contribution in [0.3, 0.4) is 0 Å². The fraction of sp³-hybridized carbons (Fsp3) is 0.625. The summed E-state index contributed by atoms with van der Waals surface area (Å²) in [5.74, 6) is 0.330. The van der Waals surface area contributed by atoms with Crippen molar-refractivity contribution in [1.82, 2.24) is 4.90 Å². The van der Waals surface area contributed by atoms with Gasteiger partial charge in [0.05, 0.1) is 11.2 Å². The summed E-state index contributed by atoms with van der Waals surface area (Å²) in [4.78, 5) is 2.43. The summed E-state index contributed by atoms with van der Waals surface area (Å²) in [5.41, 5.74) is 0.855. The smallest absolute Gasteiger partial charge is 0.115 e. The highest BCUT2D eigenvalue weighted by Gasteiger charge is 2.39. The number of phenols is 1. The van der Waals surface area contributed by atoms with Gasteiger partial charge in [0.2, 0.25) is 0 Å². The van der Waals surface area contributed by atoms with Crippen LogP contribution in [0, 0.1) is 0 Å².